The van der Waals surface area contributed by atoms with Crippen LogP contribution in [0.2, 0.25) is 0 Å². The van der Waals surface area contributed by atoms with Crippen LogP contribution in [0.5, 0.6) is 0 Å². The van der Waals surface area contributed by atoms with Gasteiger partial charge in [-0.05, 0) is 68.7 Å². The number of aryl methyl sites for hydroxylation is 3. The maximum atomic E-state index is 15.2. The Labute approximate surface area is 270 Å². The number of hydrogen-bond donors (Lipinski definition) is 2. The van der Waals surface area contributed by atoms with Crippen LogP contribution in [0.3, 0.4) is 0 Å². The smallest absolute Gasteiger partial charge is 0.248 e. The van der Waals surface area contributed by atoms with Crippen LogP contribution >= 0.6 is 0 Å². The zero-order valence-corrected chi connectivity index (χ0v) is 27.0. The first-order valence-corrected chi connectivity index (χ1v) is 15.6. The minimum atomic E-state index is -1.03. The standard InChI is InChI=1S/C36H36F2N6O3/c1-20-14-25-21(2)43(5)41-31(25)34-30(20)24-8-7-12-44-28(17-22(33(24)44)10-13-42(34)4)35(46)23-15-26(37)32(27(38)16-23)40-29(45)9-6-11-39-36(3)18-47-19-36/h6-9,12,14-17,39H,10-11,13,18-19H2,1-5H3,(H,40,45)/b9-6+. The molecule has 9 nitrogen and oxygen atoms in total. The molecule has 0 unspecified atom stereocenters. The van der Waals surface area contributed by atoms with Crippen molar-refractivity contribution < 1.29 is 23.1 Å². The number of amides is 1. The molecule has 0 saturated carbocycles. The van der Waals surface area contributed by atoms with Crippen molar-refractivity contribution in [2.45, 2.75) is 32.7 Å². The van der Waals surface area contributed by atoms with E-state index in [0.717, 1.165) is 62.2 Å². The van der Waals surface area contributed by atoms with E-state index in [1.165, 1.54) is 6.08 Å². The second-order valence-electron chi connectivity index (χ2n) is 12.9. The predicted octanol–water partition coefficient (Wildman–Crippen LogP) is 5.48. The second-order valence-corrected chi connectivity index (χ2v) is 12.9. The lowest BCUT2D eigenvalue weighted by Crippen LogP contribution is -2.58. The van der Waals surface area contributed by atoms with Gasteiger partial charge in [-0.1, -0.05) is 12.1 Å². The number of nitrogens with one attached hydrogen (secondary N) is 2. The molecule has 0 bridgehead atoms. The molecule has 2 aliphatic heterocycles. The Morgan fingerprint density at radius 2 is 1.85 bits per heavy atom. The van der Waals surface area contributed by atoms with E-state index in [0.29, 0.717) is 38.4 Å². The summed E-state index contributed by atoms with van der Waals surface area (Å²) in [5.41, 5.74) is 7.35. The zero-order valence-electron chi connectivity index (χ0n) is 27.0. The molecule has 3 aromatic heterocycles. The van der Waals surface area contributed by atoms with Gasteiger partial charge in [0.25, 0.3) is 0 Å². The van der Waals surface area contributed by atoms with Gasteiger partial charge in [-0.2, -0.15) is 5.10 Å². The Hall–Kier alpha value is -4.87. The van der Waals surface area contributed by atoms with Crippen molar-refractivity contribution in [1.29, 1.82) is 0 Å². The Morgan fingerprint density at radius 3 is 2.55 bits per heavy atom. The average molecular weight is 639 g/mol. The topological polar surface area (TPSA) is 92.9 Å². The molecule has 5 aromatic rings. The highest BCUT2D eigenvalue weighted by molar-refractivity contribution is 6.11. The summed E-state index contributed by atoms with van der Waals surface area (Å²) < 4.78 is 39.4. The minimum Gasteiger partial charge on any atom is -0.377 e. The number of nitrogens with zero attached hydrogens (tertiary/aromatic N) is 4. The van der Waals surface area contributed by atoms with E-state index in [1.807, 2.05) is 41.3 Å². The van der Waals surface area contributed by atoms with Gasteiger partial charge in [0.1, 0.15) is 22.8 Å². The number of ether oxygens (including phenoxy) is 1. The van der Waals surface area contributed by atoms with Crippen LogP contribution in [0.15, 0.2) is 54.7 Å². The monoisotopic (exact) mass is 638 g/mol. The number of likely N-dealkylation sites (N-methyl/N-ethyl adjacent to an activating group) is 1. The molecule has 2 aliphatic rings. The highest BCUT2D eigenvalue weighted by Crippen LogP contribution is 2.44. The summed E-state index contributed by atoms with van der Waals surface area (Å²) >= 11 is 0. The second kappa shape index (κ2) is 11.4. The number of pyridine rings is 1. The third-order valence-corrected chi connectivity index (χ3v) is 9.38. The number of ketones is 1. The van der Waals surface area contributed by atoms with Crippen LogP contribution in [0, 0.1) is 25.5 Å². The number of halogens is 2. The Balaban J connectivity index is 1.22. The molecule has 47 heavy (non-hydrogen) atoms. The lowest BCUT2D eigenvalue weighted by atomic mass is 9.92. The van der Waals surface area contributed by atoms with E-state index in [4.69, 9.17) is 9.84 Å². The summed E-state index contributed by atoms with van der Waals surface area (Å²) in [6.07, 6.45) is 5.24. The highest BCUT2D eigenvalue weighted by atomic mass is 19.1. The first-order chi connectivity index (χ1) is 22.5. The van der Waals surface area contributed by atoms with Crippen molar-refractivity contribution in [2.75, 3.05) is 43.6 Å². The third kappa shape index (κ3) is 5.19. The molecular formula is C36H36F2N6O3. The molecular weight excluding hydrogens is 602 g/mol. The molecule has 1 amide bonds. The zero-order chi connectivity index (χ0) is 33.2. The minimum absolute atomic E-state index is 0.142. The number of anilines is 2. The molecule has 2 aromatic carbocycles. The van der Waals surface area contributed by atoms with Gasteiger partial charge in [0.05, 0.1) is 35.7 Å². The summed E-state index contributed by atoms with van der Waals surface area (Å²) in [4.78, 5) is 28.5. The quantitative estimate of drug-likeness (QED) is 0.181. The SMILES string of the molecule is Cc1cc2c(C)n(C)nc2c2c1-c1cccn3c(C(=O)c4cc(F)c(NC(=O)/C=C/CNC5(C)COC5)c(F)c4)cc(c13)CCN2C. The fourth-order valence-electron chi connectivity index (χ4n) is 6.70. The van der Waals surface area contributed by atoms with Gasteiger partial charge in [0, 0.05) is 67.2 Å². The fourth-order valence-corrected chi connectivity index (χ4v) is 6.70. The van der Waals surface area contributed by atoms with Crippen LogP contribution in [0.25, 0.3) is 27.5 Å². The molecule has 7 rings (SSSR count). The molecule has 0 aliphatic carbocycles. The van der Waals surface area contributed by atoms with Crippen molar-refractivity contribution in [1.82, 2.24) is 19.5 Å². The lowest BCUT2D eigenvalue weighted by molar-refractivity contribution is -0.112. The number of rotatable bonds is 7. The number of carbonyl (C=O) groups is 2. The number of aromatic nitrogens is 3. The van der Waals surface area contributed by atoms with Gasteiger partial charge in [0.15, 0.2) is 0 Å². The summed E-state index contributed by atoms with van der Waals surface area (Å²) in [7, 11) is 4.00. The normalized spacial score (nSPS) is 15.5. The van der Waals surface area contributed by atoms with E-state index < -0.39 is 29.0 Å². The highest BCUT2D eigenvalue weighted by Gasteiger charge is 2.32. The van der Waals surface area contributed by atoms with Crippen molar-refractivity contribution in [2.24, 2.45) is 7.05 Å². The largest absolute Gasteiger partial charge is 0.377 e. The van der Waals surface area contributed by atoms with Gasteiger partial charge in [-0.3, -0.25) is 14.3 Å². The molecule has 11 heteroatoms. The molecule has 1 saturated heterocycles. The Morgan fingerprint density at radius 1 is 1.11 bits per heavy atom. The van der Waals surface area contributed by atoms with Crippen molar-refractivity contribution in [3.8, 4) is 11.1 Å². The lowest BCUT2D eigenvalue weighted by Gasteiger charge is -2.38. The first-order valence-electron chi connectivity index (χ1n) is 15.6. The van der Waals surface area contributed by atoms with Crippen LogP contribution in [0.1, 0.15) is 39.8 Å². The number of hydrogen-bond acceptors (Lipinski definition) is 6. The predicted molar refractivity (Wildman–Crippen MR) is 178 cm³/mol. The van der Waals surface area contributed by atoms with Crippen LogP contribution < -0.4 is 15.5 Å². The van der Waals surface area contributed by atoms with E-state index in [9.17, 15) is 9.59 Å². The van der Waals surface area contributed by atoms with Gasteiger partial charge in [0.2, 0.25) is 11.7 Å². The van der Waals surface area contributed by atoms with Crippen LogP contribution in [-0.4, -0.2) is 64.8 Å². The van der Waals surface area contributed by atoms with Crippen molar-refractivity contribution in [3.05, 3.63) is 94.5 Å². The first kappa shape index (κ1) is 30.8. The van der Waals surface area contributed by atoms with E-state index in [-0.39, 0.29) is 11.1 Å². The summed E-state index contributed by atoms with van der Waals surface area (Å²) in [5.74, 6) is -3.28. The van der Waals surface area contributed by atoms with Crippen LogP contribution in [0.4, 0.5) is 20.2 Å². The van der Waals surface area contributed by atoms with Gasteiger partial charge in [-0.25, -0.2) is 8.78 Å². The molecule has 0 atom stereocenters. The van der Waals surface area contributed by atoms with Gasteiger partial charge < -0.3 is 24.7 Å². The Kier molecular flexibility index (Phi) is 7.48. The maximum Gasteiger partial charge on any atom is 0.248 e. The number of carbonyl (C=O) groups excluding carboxylic acids is 2. The molecule has 0 spiro atoms. The summed E-state index contributed by atoms with van der Waals surface area (Å²) in [6.45, 7) is 8.38. The summed E-state index contributed by atoms with van der Waals surface area (Å²) in [6, 6.07) is 9.84. The molecule has 1 fully saturated rings. The maximum absolute atomic E-state index is 15.2. The van der Waals surface area contributed by atoms with Crippen LogP contribution in [-0.2, 0) is 23.0 Å². The Bertz CT molecular complexity index is 2120. The fraction of sp³-hybridized carbons (Fsp3) is 0.306. The van der Waals surface area contributed by atoms with E-state index in [2.05, 4.69) is 42.5 Å². The number of benzene rings is 2. The molecule has 5 heterocycles. The van der Waals surface area contributed by atoms with Crippen molar-refractivity contribution >= 4 is 39.5 Å². The number of fused-ring (bicyclic) bond motifs is 4. The molecule has 2 N–H and O–H groups in total. The van der Waals surface area contributed by atoms with Gasteiger partial charge >= 0.3 is 0 Å². The third-order valence-electron chi connectivity index (χ3n) is 9.38. The molecule has 0 radical (unpaired) electrons. The molecule has 242 valence electrons. The average Bonchev–Trinajstić information content (AvgIpc) is 3.53. The van der Waals surface area contributed by atoms with Crippen molar-refractivity contribution in [3.63, 3.8) is 0 Å². The van der Waals surface area contributed by atoms with E-state index in [1.54, 1.807) is 12.3 Å². The summed E-state index contributed by atoms with van der Waals surface area (Å²) in [5, 5.41) is 11.5. The van der Waals surface area contributed by atoms with E-state index >= 15 is 8.78 Å². The van der Waals surface area contributed by atoms with Gasteiger partial charge in [-0.15, -0.1) is 0 Å².